The summed E-state index contributed by atoms with van der Waals surface area (Å²) in [6.45, 7) is 1.70. The quantitative estimate of drug-likeness (QED) is 0.872. The molecule has 1 saturated heterocycles. The number of hydrogen-bond acceptors (Lipinski definition) is 4. The van der Waals surface area contributed by atoms with E-state index in [0.717, 1.165) is 28.7 Å². The van der Waals surface area contributed by atoms with Gasteiger partial charge in [-0.15, -0.1) is 0 Å². The summed E-state index contributed by atoms with van der Waals surface area (Å²) >= 11 is 0. The van der Waals surface area contributed by atoms with Crippen molar-refractivity contribution < 1.29 is 21.6 Å². The van der Waals surface area contributed by atoms with Crippen molar-refractivity contribution in [2.75, 3.05) is 18.4 Å². The van der Waals surface area contributed by atoms with Crippen molar-refractivity contribution in [1.82, 2.24) is 9.29 Å². The van der Waals surface area contributed by atoms with Crippen LogP contribution in [0.4, 0.5) is 18.9 Å². The van der Waals surface area contributed by atoms with Gasteiger partial charge in [0.15, 0.2) is 0 Å². The second kappa shape index (κ2) is 7.03. The highest BCUT2D eigenvalue weighted by Gasteiger charge is 2.50. The Balaban J connectivity index is 1.75. The third-order valence-corrected chi connectivity index (χ3v) is 6.21. The first-order chi connectivity index (χ1) is 12.2. The second-order valence-electron chi connectivity index (χ2n) is 6.30. The van der Waals surface area contributed by atoms with Crippen LogP contribution in [0.2, 0.25) is 0 Å². The highest BCUT2D eigenvalue weighted by atomic mass is 32.2. The van der Waals surface area contributed by atoms with Crippen LogP contribution < -0.4 is 5.32 Å². The van der Waals surface area contributed by atoms with Gasteiger partial charge >= 0.3 is 15.5 Å². The lowest BCUT2D eigenvalue weighted by atomic mass is 10.0. The number of anilines is 1. The van der Waals surface area contributed by atoms with Crippen LogP contribution in [0, 0.1) is 0 Å². The van der Waals surface area contributed by atoms with Crippen LogP contribution in [0.5, 0.6) is 0 Å². The predicted molar refractivity (Wildman–Crippen MR) is 94.3 cm³/mol. The lowest BCUT2D eigenvalue weighted by Gasteiger charge is -2.32. The van der Waals surface area contributed by atoms with Gasteiger partial charge < -0.3 is 5.32 Å². The third kappa shape index (κ3) is 3.64. The number of benzene rings is 1. The van der Waals surface area contributed by atoms with Crippen LogP contribution in [0.15, 0.2) is 30.3 Å². The lowest BCUT2D eigenvalue weighted by Crippen LogP contribution is -2.47. The summed E-state index contributed by atoms with van der Waals surface area (Å²) in [6.07, 6.45) is 1.39. The maximum Gasteiger partial charge on any atom is 0.511 e. The Morgan fingerprint density at radius 2 is 1.88 bits per heavy atom. The van der Waals surface area contributed by atoms with E-state index in [0.29, 0.717) is 17.1 Å². The molecule has 0 radical (unpaired) electrons. The summed E-state index contributed by atoms with van der Waals surface area (Å²) in [5.74, 6) is 0. The molecule has 0 spiro atoms. The van der Waals surface area contributed by atoms with E-state index in [-0.39, 0.29) is 19.1 Å². The van der Waals surface area contributed by atoms with Crippen molar-refractivity contribution in [3.05, 3.63) is 36.0 Å². The molecule has 142 valence electrons. The number of para-hydroxylation sites is 1. The van der Waals surface area contributed by atoms with E-state index in [1.807, 2.05) is 37.3 Å². The van der Waals surface area contributed by atoms with Gasteiger partial charge in [0.2, 0.25) is 0 Å². The molecule has 2 heterocycles. The monoisotopic (exact) mass is 387 g/mol. The predicted octanol–water partition coefficient (Wildman–Crippen LogP) is 3.52. The fraction of sp³-hybridized carbons (Fsp3) is 0.471. The first-order valence-corrected chi connectivity index (χ1v) is 9.88. The van der Waals surface area contributed by atoms with Gasteiger partial charge in [-0.25, -0.2) is 8.42 Å². The fourth-order valence-corrected chi connectivity index (χ4v) is 4.12. The molecule has 3 rings (SSSR count). The molecule has 26 heavy (non-hydrogen) atoms. The largest absolute Gasteiger partial charge is 0.511 e. The van der Waals surface area contributed by atoms with Crippen LogP contribution in [0.3, 0.4) is 0 Å². The van der Waals surface area contributed by atoms with Gasteiger partial charge in [0.05, 0.1) is 5.52 Å². The smallest absolute Gasteiger partial charge is 0.382 e. The molecular formula is C17H20F3N3O2S. The molecule has 2 aromatic rings. The Morgan fingerprint density at radius 1 is 1.23 bits per heavy atom. The number of pyridine rings is 1. The highest BCUT2D eigenvalue weighted by molar-refractivity contribution is 7.90. The van der Waals surface area contributed by atoms with Gasteiger partial charge in [0.25, 0.3) is 0 Å². The van der Waals surface area contributed by atoms with Crippen LogP contribution in [-0.2, 0) is 16.4 Å². The van der Waals surface area contributed by atoms with E-state index in [2.05, 4.69) is 10.3 Å². The maximum absolute atomic E-state index is 12.7. The minimum atomic E-state index is -5.25. The summed E-state index contributed by atoms with van der Waals surface area (Å²) in [7, 11) is -5.25. The van der Waals surface area contributed by atoms with E-state index in [1.165, 1.54) is 0 Å². The first kappa shape index (κ1) is 18.9. The highest BCUT2D eigenvalue weighted by Crippen LogP contribution is 2.30. The number of aromatic nitrogens is 1. The van der Waals surface area contributed by atoms with E-state index in [4.69, 9.17) is 0 Å². The van der Waals surface area contributed by atoms with E-state index in [1.54, 1.807) is 0 Å². The van der Waals surface area contributed by atoms with Gasteiger partial charge in [0, 0.05) is 35.9 Å². The number of alkyl halides is 3. The molecule has 1 aliphatic heterocycles. The van der Waals surface area contributed by atoms with Crippen LogP contribution >= 0.6 is 0 Å². The number of sulfonamides is 1. The van der Waals surface area contributed by atoms with Gasteiger partial charge in [-0.05, 0) is 31.4 Å². The Kier molecular flexibility index (Phi) is 5.12. The first-order valence-electron chi connectivity index (χ1n) is 8.44. The summed E-state index contributed by atoms with van der Waals surface area (Å²) in [5, 5.41) is 4.31. The molecule has 0 bridgehead atoms. The summed E-state index contributed by atoms with van der Waals surface area (Å²) in [6, 6.07) is 9.51. The van der Waals surface area contributed by atoms with Crippen molar-refractivity contribution in [2.45, 2.75) is 37.7 Å². The van der Waals surface area contributed by atoms with Gasteiger partial charge in [-0.3, -0.25) is 4.98 Å². The van der Waals surface area contributed by atoms with Gasteiger partial charge in [-0.1, -0.05) is 25.1 Å². The normalized spacial score (nSPS) is 17.5. The SMILES string of the molecule is CCc1cc(NC2CCN(S(=O)(=O)C(F)(F)F)CC2)c2ccccc2n1. The molecule has 9 heteroatoms. The summed E-state index contributed by atoms with van der Waals surface area (Å²) in [5.41, 5.74) is -2.59. The number of fused-ring (bicyclic) bond motifs is 1. The zero-order valence-electron chi connectivity index (χ0n) is 14.3. The molecule has 0 amide bonds. The van der Waals surface area contributed by atoms with Crippen LogP contribution in [0.1, 0.15) is 25.5 Å². The molecule has 0 atom stereocenters. The molecule has 5 nitrogen and oxygen atoms in total. The second-order valence-corrected chi connectivity index (χ2v) is 8.23. The van der Waals surface area contributed by atoms with Crippen molar-refractivity contribution in [1.29, 1.82) is 0 Å². The number of rotatable bonds is 4. The number of halogens is 3. The van der Waals surface area contributed by atoms with E-state index >= 15 is 0 Å². The summed E-state index contributed by atoms with van der Waals surface area (Å²) in [4.78, 5) is 4.57. The van der Waals surface area contributed by atoms with Crippen molar-refractivity contribution >= 4 is 26.6 Å². The molecule has 1 N–H and O–H groups in total. The van der Waals surface area contributed by atoms with E-state index < -0.39 is 15.5 Å². The number of piperidine rings is 1. The number of nitrogens with one attached hydrogen (secondary N) is 1. The molecule has 0 saturated carbocycles. The average Bonchev–Trinajstić information content (AvgIpc) is 2.61. The third-order valence-electron chi connectivity index (χ3n) is 4.58. The van der Waals surface area contributed by atoms with E-state index in [9.17, 15) is 21.6 Å². The van der Waals surface area contributed by atoms with Gasteiger partial charge in [0.1, 0.15) is 0 Å². The number of aryl methyl sites for hydroxylation is 1. The molecule has 1 aromatic carbocycles. The van der Waals surface area contributed by atoms with Crippen LogP contribution in [-0.4, -0.2) is 42.3 Å². The Hall–Kier alpha value is -1.87. The van der Waals surface area contributed by atoms with Crippen molar-refractivity contribution in [2.24, 2.45) is 0 Å². The Labute approximate surface area is 150 Å². The minimum absolute atomic E-state index is 0.0924. The van der Waals surface area contributed by atoms with Crippen molar-refractivity contribution in [3.8, 4) is 0 Å². The molecule has 1 aliphatic rings. The van der Waals surface area contributed by atoms with Gasteiger partial charge in [-0.2, -0.15) is 17.5 Å². The molecule has 1 aromatic heterocycles. The molecule has 0 aliphatic carbocycles. The minimum Gasteiger partial charge on any atom is -0.382 e. The molecule has 1 fully saturated rings. The molecule has 0 unspecified atom stereocenters. The Bertz CT molecular complexity index is 892. The Morgan fingerprint density at radius 3 is 2.50 bits per heavy atom. The topological polar surface area (TPSA) is 62.3 Å². The average molecular weight is 387 g/mol. The number of nitrogens with zero attached hydrogens (tertiary/aromatic N) is 2. The zero-order valence-corrected chi connectivity index (χ0v) is 15.1. The fourth-order valence-electron chi connectivity index (χ4n) is 3.14. The summed E-state index contributed by atoms with van der Waals surface area (Å²) < 4.78 is 61.5. The zero-order chi connectivity index (χ0) is 18.9. The number of hydrogen-bond donors (Lipinski definition) is 1. The lowest BCUT2D eigenvalue weighted by molar-refractivity contribution is -0.0494. The maximum atomic E-state index is 12.7. The molecular weight excluding hydrogens is 367 g/mol. The van der Waals surface area contributed by atoms with Crippen molar-refractivity contribution in [3.63, 3.8) is 0 Å². The van der Waals surface area contributed by atoms with Crippen LogP contribution in [0.25, 0.3) is 10.9 Å². The standard InChI is InChI=1S/C17H20F3N3O2S/c1-2-12-11-16(14-5-3-4-6-15(14)21-12)22-13-7-9-23(10-8-13)26(24,25)17(18,19)20/h3-6,11,13H,2,7-10H2,1H3,(H,21,22).